The molecule has 0 fully saturated rings. The summed E-state index contributed by atoms with van der Waals surface area (Å²) in [5.41, 5.74) is 0.180. The third kappa shape index (κ3) is 3.96. The molecule has 0 radical (unpaired) electrons. The molecule has 0 aliphatic carbocycles. The minimum atomic E-state index is -4.02. The van der Waals surface area contributed by atoms with Gasteiger partial charge in [-0.25, -0.2) is 17.8 Å². The van der Waals surface area contributed by atoms with Gasteiger partial charge in [-0.2, -0.15) is 4.72 Å². The Morgan fingerprint density at radius 2 is 1.90 bits per heavy atom. The summed E-state index contributed by atoms with van der Waals surface area (Å²) in [6.45, 7) is 0.945. The predicted octanol–water partition coefficient (Wildman–Crippen LogP) is 2.79. The van der Waals surface area contributed by atoms with E-state index in [-0.39, 0.29) is 10.5 Å². The number of imidazole rings is 1. The number of ether oxygens (including phenoxy) is 2. The third-order valence-electron chi connectivity index (χ3n) is 4.64. The molecule has 2 heterocycles. The molecule has 4 rings (SSSR count). The van der Waals surface area contributed by atoms with E-state index < -0.39 is 21.9 Å². The topological polar surface area (TPSA) is 82.5 Å². The number of nitrogens with zero attached hydrogens (tertiary/aromatic N) is 2. The van der Waals surface area contributed by atoms with Crippen LogP contribution in [0.4, 0.5) is 4.39 Å². The molecule has 7 nitrogen and oxygen atoms in total. The van der Waals surface area contributed by atoms with Crippen LogP contribution in [-0.2, 0) is 17.1 Å². The fraction of sp³-hybridized carbons (Fsp3) is 0.250. The van der Waals surface area contributed by atoms with Gasteiger partial charge in [0.25, 0.3) is 0 Å². The van der Waals surface area contributed by atoms with E-state index in [4.69, 9.17) is 9.47 Å². The van der Waals surface area contributed by atoms with Gasteiger partial charge in [-0.3, -0.25) is 0 Å². The van der Waals surface area contributed by atoms with Crippen LogP contribution >= 0.6 is 0 Å². The molecule has 3 aromatic rings. The van der Waals surface area contributed by atoms with Crippen molar-refractivity contribution in [1.29, 1.82) is 0 Å². The van der Waals surface area contributed by atoms with E-state index in [0.29, 0.717) is 37.0 Å². The highest BCUT2D eigenvalue weighted by atomic mass is 32.2. The quantitative estimate of drug-likeness (QED) is 0.690. The van der Waals surface area contributed by atoms with E-state index >= 15 is 0 Å². The number of benzene rings is 2. The molecule has 0 amide bonds. The molecule has 152 valence electrons. The molecule has 1 aliphatic rings. The normalized spacial score (nSPS) is 15.0. The molecule has 29 heavy (non-hydrogen) atoms. The number of rotatable bonds is 5. The van der Waals surface area contributed by atoms with Crippen molar-refractivity contribution in [2.24, 2.45) is 7.05 Å². The second kappa shape index (κ2) is 7.84. The lowest BCUT2D eigenvalue weighted by atomic mass is 10.1. The average Bonchev–Trinajstić information content (AvgIpc) is 2.98. The Morgan fingerprint density at radius 3 is 2.62 bits per heavy atom. The van der Waals surface area contributed by atoms with Crippen LogP contribution in [0.3, 0.4) is 0 Å². The third-order valence-corrected chi connectivity index (χ3v) is 6.06. The van der Waals surface area contributed by atoms with Gasteiger partial charge in [0.05, 0.1) is 18.1 Å². The van der Waals surface area contributed by atoms with E-state index in [0.717, 1.165) is 0 Å². The van der Waals surface area contributed by atoms with Crippen molar-refractivity contribution in [3.8, 4) is 11.5 Å². The van der Waals surface area contributed by atoms with Crippen LogP contribution in [0.15, 0.2) is 59.8 Å². The molecule has 0 saturated heterocycles. The first kappa shape index (κ1) is 19.4. The summed E-state index contributed by atoms with van der Waals surface area (Å²) in [6, 6.07) is 9.43. The highest BCUT2D eigenvalue weighted by Crippen LogP contribution is 2.33. The summed E-state index contributed by atoms with van der Waals surface area (Å²) >= 11 is 0. The molecule has 0 saturated carbocycles. The van der Waals surface area contributed by atoms with Crippen molar-refractivity contribution in [1.82, 2.24) is 14.3 Å². The Kier molecular flexibility index (Phi) is 5.25. The van der Waals surface area contributed by atoms with E-state index in [1.165, 1.54) is 30.5 Å². The smallest absolute Gasteiger partial charge is 0.241 e. The van der Waals surface area contributed by atoms with Crippen molar-refractivity contribution in [2.45, 2.75) is 17.4 Å². The van der Waals surface area contributed by atoms with Crippen LogP contribution in [0.1, 0.15) is 23.9 Å². The van der Waals surface area contributed by atoms with Crippen LogP contribution in [-0.4, -0.2) is 31.2 Å². The Hall–Kier alpha value is -2.91. The van der Waals surface area contributed by atoms with Crippen LogP contribution < -0.4 is 14.2 Å². The number of fused-ring (bicyclic) bond motifs is 1. The second-order valence-corrected chi connectivity index (χ2v) is 8.35. The number of aryl methyl sites for hydroxylation is 1. The molecule has 1 N–H and O–H groups in total. The van der Waals surface area contributed by atoms with Crippen LogP contribution in [0.25, 0.3) is 0 Å². The molecule has 1 aromatic heterocycles. The summed E-state index contributed by atoms with van der Waals surface area (Å²) in [5, 5.41) is 0. The summed E-state index contributed by atoms with van der Waals surface area (Å²) in [5.74, 6) is 0.705. The second-order valence-electron chi connectivity index (χ2n) is 6.63. The number of halogens is 1. The fourth-order valence-corrected chi connectivity index (χ4v) is 4.34. The maximum Gasteiger partial charge on any atom is 0.241 e. The van der Waals surface area contributed by atoms with Crippen LogP contribution in [0, 0.1) is 5.82 Å². The SMILES string of the molecule is Cn1ccnc1[C@@H](NS(=O)(=O)c1ccc2c(c1)OCCCO2)c1ccccc1F. The monoisotopic (exact) mass is 417 g/mol. The lowest BCUT2D eigenvalue weighted by Gasteiger charge is -2.20. The van der Waals surface area contributed by atoms with Crippen molar-refractivity contribution in [3.63, 3.8) is 0 Å². The summed E-state index contributed by atoms with van der Waals surface area (Å²) in [4.78, 5) is 4.22. The molecule has 1 aliphatic heterocycles. The zero-order valence-corrected chi connectivity index (χ0v) is 16.5. The molecule has 0 bridgehead atoms. The first-order valence-corrected chi connectivity index (χ1v) is 10.6. The lowest BCUT2D eigenvalue weighted by Crippen LogP contribution is -2.31. The summed E-state index contributed by atoms with van der Waals surface area (Å²) in [6.07, 6.45) is 3.92. The zero-order chi connectivity index (χ0) is 20.4. The largest absolute Gasteiger partial charge is 0.490 e. The molecule has 0 spiro atoms. The fourth-order valence-electron chi connectivity index (χ4n) is 3.15. The van der Waals surface area contributed by atoms with Gasteiger partial charge in [-0.05, 0) is 18.2 Å². The maximum atomic E-state index is 14.5. The minimum Gasteiger partial charge on any atom is -0.490 e. The van der Waals surface area contributed by atoms with E-state index in [2.05, 4.69) is 9.71 Å². The Morgan fingerprint density at radius 1 is 1.14 bits per heavy atom. The Labute approximate surface area is 168 Å². The summed E-state index contributed by atoms with van der Waals surface area (Å²) in [7, 11) is -2.30. The van der Waals surface area contributed by atoms with Gasteiger partial charge >= 0.3 is 0 Å². The standard InChI is InChI=1S/C20H20FN3O4S/c1-24-10-9-22-20(24)19(15-5-2-3-6-16(15)21)23-29(25,26)14-7-8-17-18(13-14)28-12-4-11-27-17/h2-3,5-10,13,19,23H,4,11-12H2,1H3/t19-/m0/s1. The van der Waals surface area contributed by atoms with Crippen molar-refractivity contribution >= 4 is 10.0 Å². The highest BCUT2D eigenvalue weighted by molar-refractivity contribution is 7.89. The number of hydrogen-bond donors (Lipinski definition) is 1. The highest BCUT2D eigenvalue weighted by Gasteiger charge is 2.28. The van der Waals surface area contributed by atoms with Gasteiger partial charge in [0.15, 0.2) is 11.5 Å². The first-order valence-electron chi connectivity index (χ1n) is 9.09. The Balaban J connectivity index is 1.73. The molecular weight excluding hydrogens is 397 g/mol. The predicted molar refractivity (Wildman–Crippen MR) is 104 cm³/mol. The molecule has 0 unspecified atom stereocenters. The Bertz CT molecular complexity index is 1130. The van der Waals surface area contributed by atoms with Gasteiger partial charge in [0, 0.05) is 37.5 Å². The van der Waals surface area contributed by atoms with Crippen LogP contribution in [0.2, 0.25) is 0 Å². The summed E-state index contributed by atoms with van der Waals surface area (Å²) < 4.78 is 56.2. The van der Waals surface area contributed by atoms with E-state index in [1.807, 2.05) is 0 Å². The number of nitrogens with one attached hydrogen (secondary N) is 1. The first-order chi connectivity index (χ1) is 14.0. The molecule has 2 aromatic carbocycles. The maximum absolute atomic E-state index is 14.5. The van der Waals surface area contributed by atoms with Gasteiger partial charge < -0.3 is 14.0 Å². The van der Waals surface area contributed by atoms with E-state index in [1.54, 1.807) is 36.0 Å². The zero-order valence-electron chi connectivity index (χ0n) is 15.7. The van der Waals surface area contributed by atoms with Gasteiger partial charge in [-0.15, -0.1) is 0 Å². The molecular formula is C20H20FN3O4S. The number of hydrogen-bond acceptors (Lipinski definition) is 5. The minimum absolute atomic E-state index is 0.00250. The number of aromatic nitrogens is 2. The number of sulfonamides is 1. The average molecular weight is 417 g/mol. The van der Waals surface area contributed by atoms with Gasteiger partial charge in [-0.1, -0.05) is 18.2 Å². The molecule has 9 heteroatoms. The van der Waals surface area contributed by atoms with Crippen molar-refractivity contribution in [2.75, 3.05) is 13.2 Å². The van der Waals surface area contributed by atoms with Crippen LogP contribution in [0.5, 0.6) is 11.5 Å². The van der Waals surface area contributed by atoms with Gasteiger partial charge in [0.1, 0.15) is 17.7 Å². The van der Waals surface area contributed by atoms with E-state index in [9.17, 15) is 12.8 Å². The van der Waals surface area contributed by atoms with Gasteiger partial charge in [0.2, 0.25) is 10.0 Å². The molecule has 1 atom stereocenters. The van der Waals surface area contributed by atoms with Crippen molar-refractivity contribution in [3.05, 3.63) is 72.1 Å². The van der Waals surface area contributed by atoms with Crippen molar-refractivity contribution < 1.29 is 22.3 Å². The lowest BCUT2D eigenvalue weighted by molar-refractivity contribution is 0.297.